The van der Waals surface area contributed by atoms with Crippen LogP contribution >= 0.6 is 0 Å². The highest BCUT2D eigenvalue weighted by molar-refractivity contribution is 6.02. The van der Waals surface area contributed by atoms with E-state index >= 15 is 0 Å². The number of anilines is 1. The topological polar surface area (TPSA) is 116 Å². The highest BCUT2D eigenvalue weighted by Gasteiger charge is 2.20. The first-order chi connectivity index (χ1) is 14.3. The first-order valence-electron chi connectivity index (χ1n) is 9.34. The summed E-state index contributed by atoms with van der Waals surface area (Å²) >= 11 is 0. The Morgan fingerprint density at radius 2 is 1.57 bits per heavy atom. The Bertz CT molecular complexity index is 1030. The van der Waals surface area contributed by atoms with Crippen LogP contribution in [-0.4, -0.2) is 44.0 Å². The molecule has 0 fully saturated rings. The molecule has 0 aliphatic heterocycles. The predicted octanol–water partition coefficient (Wildman–Crippen LogP) is 2.69. The average molecular weight is 407 g/mol. The van der Waals surface area contributed by atoms with E-state index in [0.29, 0.717) is 22.5 Å². The van der Waals surface area contributed by atoms with Gasteiger partial charge in [0.15, 0.2) is 6.10 Å². The van der Waals surface area contributed by atoms with Crippen molar-refractivity contribution in [2.24, 2.45) is 5.92 Å². The first-order valence-corrected chi connectivity index (χ1v) is 9.34. The van der Waals surface area contributed by atoms with Crippen LogP contribution in [0.4, 0.5) is 5.69 Å². The number of Topliss-reactive ketones (excluding diaryl/α,β-unsaturated/α-hetero) is 1. The van der Waals surface area contributed by atoms with Crippen LogP contribution in [0.5, 0.6) is 0 Å². The second-order valence-electron chi connectivity index (χ2n) is 6.93. The van der Waals surface area contributed by atoms with E-state index in [2.05, 4.69) is 20.8 Å². The molecule has 0 saturated carbocycles. The molecule has 1 N–H and O–H groups in total. The highest BCUT2D eigenvalue weighted by Crippen LogP contribution is 2.15. The monoisotopic (exact) mass is 407 g/mol. The lowest BCUT2D eigenvalue weighted by Gasteiger charge is -2.13. The van der Waals surface area contributed by atoms with Crippen molar-refractivity contribution >= 4 is 23.3 Å². The van der Waals surface area contributed by atoms with Crippen molar-refractivity contribution in [1.82, 2.24) is 20.2 Å². The van der Waals surface area contributed by atoms with Crippen molar-refractivity contribution in [3.63, 3.8) is 0 Å². The number of benzene rings is 2. The fourth-order valence-corrected chi connectivity index (χ4v) is 2.55. The maximum atomic E-state index is 12.6. The maximum absolute atomic E-state index is 12.6. The minimum absolute atomic E-state index is 0.109. The van der Waals surface area contributed by atoms with Gasteiger partial charge in [-0.15, -0.1) is 5.10 Å². The molecule has 0 saturated heterocycles. The van der Waals surface area contributed by atoms with E-state index in [1.807, 2.05) is 0 Å². The molecule has 2 aromatic carbocycles. The molecule has 0 bridgehead atoms. The molecule has 9 heteroatoms. The van der Waals surface area contributed by atoms with Gasteiger partial charge in [-0.2, -0.15) is 0 Å². The lowest BCUT2D eigenvalue weighted by molar-refractivity contribution is -0.118. The minimum atomic E-state index is -0.965. The zero-order valence-corrected chi connectivity index (χ0v) is 16.8. The van der Waals surface area contributed by atoms with Crippen LogP contribution in [0, 0.1) is 5.92 Å². The Kier molecular flexibility index (Phi) is 6.31. The number of carbonyl (C=O) groups is 3. The quantitative estimate of drug-likeness (QED) is 0.473. The van der Waals surface area contributed by atoms with Gasteiger partial charge in [0.05, 0.1) is 11.3 Å². The molecule has 0 unspecified atom stereocenters. The Hall–Kier alpha value is -3.88. The Balaban J connectivity index is 1.60. The van der Waals surface area contributed by atoms with E-state index in [1.54, 1.807) is 62.4 Å². The van der Waals surface area contributed by atoms with Crippen LogP contribution < -0.4 is 5.32 Å². The number of nitrogens with zero attached hydrogens (tertiary/aromatic N) is 4. The number of aromatic nitrogens is 4. The van der Waals surface area contributed by atoms with E-state index in [1.165, 1.54) is 17.9 Å². The molecule has 3 aromatic rings. The third-order valence-electron chi connectivity index (χ3n) is 4.33. The van der Waals surface area contributed by atoms with Crippen molar-refractivity contribution in [3.05, 3.63) is 66.0 Å². The van der Waals surface area contributed by atoms with Crippen molar-refractivity contribution < 1.29 is 19.1 Å². The molecular formula is C21H21N5O4. The van der Waals surface area contributed by atoms with E-state index in [0.717, 1.165) is 0 Å². The summed E-state index contributed by atoms with van der Waals surface area (Å²) in [4.78, 5) is 36.7. The van der Waals surface area contributed by atoms with Crippen molar-refractivity contribution in [3.8, 4) is 5.69 Å². The zero-order chi connectivity index (χ0) is 21.7. The number of amides is 1. The van der Waals surface area contributed by atoms with Crippen molar-refractivity contribution in [2.75, 3.05) is 5.32 Å². The molecular weight excluding hydrogens is 386 g/mol. The first kappa shape index (κ1) is 20.8. The molecule has 3 rings (SSSR count). The molecule has 1 heterocycles. The van der Waals surface area contributed by atoms with Crippen LogP contribution in [0.3, 0.4) is 0 Å². The van der Waals surface area contributed by atoms with Crippen LogP contribution in [-0.2, 0) is 9.53 Å². The van der Waals surface area contributed by atoms with E-state index in [-0.39, 0.29) is 17.6 Å². The fourth-order valence-electron chi connectivity index (χ4n) is 2.55. The number of carbonyl (C=O) groups excluding carboxylic acids is 3. The molecule has 154 valence electrons. The molecule has 1 amide bonds. The molecule has 0 aliphatic carbocycles. The van der Waals surface area contributed by atoms with Gasteiger partial charge < -0.3 is 10.1 Å². The highest BCUT2D eigenvalue weighted by atomic mass is 16.5. The van der Waals surface area contributed by atoms with Gasteiger partial charge in [-0.05, 0) is 65.9 Å². The second kappa shape index (κ2) is 9.08. The number of hydrogen-bond acceptors (Lipinski definition) is 7. The summed E-state index contributed by atoms with van der Waals surface area (Å²) < 4.78 is 6.76. The van der Waals surface area contributed by atoms with Crippen LogP contribution in [0.15, 0.2) is 54.9 Å². The summed E-state index contributed by atoms with van der Waals surface area (Å²) in [6.07, 6.45) is 0.473. The van der Waals surface area contributed by atoms with Crippen LogP contribution in [0.25, 0.3) is 5.69 Å². The van der Waals surface area contributed by atoms with Gasteiger partial charge in [0.1, 0.15) is 6.33 Å². The third kappa shape index (κ3) is 4.93. The Morgan fingerprint density at radius 1 is 0.933 bits per heavy atom. The van der Waals surface area contributed by atoms with Gasteiger partial charge in [-0.3, -0.25) is 9.59 Å². The lowest BCUT2D eigenvalue weighted by Crippen LogP contribution is -2.24. The van der Waals surface area contributed by atoms with Gasteiger partial charge in [0.25, 0.3) is 0 Å². The summed E-state index contributed by atoms with van der Waals surface area (Å²) in [6, 6.07) is 12.9. The molecule has 0 radical (unpaired) electrons. The summed E-state index contributed by atoms with van der Waals surface area (Å²) in [5.41, 5.74) is 1.97. The lowest BCUT2D eigenvalue weighted by atomic mass is 10.1. The maximum Gasteiger partial charge on any atom is 0.338 e. The smallest absolute Gasteiger partial charge is 0.338 e. The number of rotatable bonds is 7. The van der Waals surface area contributed by atoms with Gasteiger partial charge in [0.2, 0.25) is 11.7 Å². The van der Waals surface area contributed by atoms with Gasteiger partial charge >= 0.3 is 5.97 Å². The Labute approximate surface area is 173 Å². The number of esters is 1. The normalized spacial score (nSPS) is 11.7. The average Bonchev–Trinajstić information content (AvgIpc) is 3.28. The number of ketones is 1. The predicted molar refractivity (Wildman–Crippen MR) is 108 cm³/mol. The van der Waals surface area contributed by atoms with Gasteiger partial charge in [-0.1, -0.05) is 13.8 Å². The van der Waals surface area contributed by atoms with E-state index in [4.69, 9.17) is 4.74 Å². The van der Waals surface area contributed by atoms with Gasteiger partial charge in [0, 0.05) is 17.2 Å². The summed E-state index contributed by atoms with van der Waals surface area (Å²) in [5, 5.41) is 13.6. The molecule has 0 spiro atoms. The number of nitrogens with one attached hydrogen (secondary N) is 1. The molecule has 9 nitrogen and oxygen atoms in total. The number of hydrogen-bond donors (Lipinski definition) is 1. The summed E-state index contributed by atoms with van der Waals surface area (Å²) in [7, 11) is 0. The SMILES string of the molecule is CC(C)C(=O)Nc1ccc(C(=O)[C@@H](C)OC(=O)c2ccc(-n3cnnn3)cc2)cc1. The molecule has 1 aromatic heterocycles. The zero-order valence-electron chi connectivity index (χ0n) is 16.8. The number of ether oxygens (including phenoxy) is 1. The third-order valence-corrected chi connectivity index (χ3v) is 4.33. The molecule has 0 aliphatic rings. The van der Waals surface area contributed by atoms with Gasteiger partial charge in [-0.25, -0.2) is 9.48 Å². The largest absolute Gasteiger partial charge is 0.451 e. The van der Waals surface area contributed by atoms with Crippen molar-refractivity contribution in [2.45, 2.75) is 26.9 Å². The minimum Gasteiger partial charge on any atom is -0.451 e. The summed E-state index contributed by atoms with van der Waals surface area (Å²) in [6.45, 7) is 5.11. The standard InChI is InChI=1S/C21H21N5O4/c1-13(2)20(28)23-17-8-4-15(5-9-17)19(27)14(3)30-21(29)16-6-10-18(11-7-16)26-12-22-24-25-26/h4-14H,1-3H3,(H,23,28)/t14-/m1/s1. The second-order valence-corrected chi connectivity index (χ2v) is 6.93. The Morgan fingerprint density at radius 3 is 2.13 bits per heavy atom. The fraction of sp³-hybridized carbons (Fsp3) is 0.238. The van der Waals surface area contributed by atoms with Crippen molar-refractivity contribution in [1.29, 1.82) is 0 Å². The van der Waals surface area contributed by atoms with E-state index < -0.39 is 12.1 Å². The number of tetrazole rings is 1. The van der Waals surface area contributed by atoms with Crippen LogP contribution in [0.2, 0.25) is 0 Å². The summed E-state index contributed by atoms with van der Waals surface area (Å²) in [5.74, 6) is -1.20. The van der Waals surface area contributed by atoms with Crippen LogP contribution in [0.1, 0.15) is 41.5 Å². The van der Waals surface area contributed by atoms with E-state index in [9.17, 15) is 14.4 Å². The molecule has 30 heavy (non-hydrogen) atoms. The molecule has 1 atom stereocenters.